The van der Waals surface area contributed by atoms with Crippen LogP contribution in [0.1, 0.15) is 50.6 Å². The van der Waals surface area contributed by atoms with Gasteiger partial charge >= 0.3 is 18.2 Å². The van der Waals surface area contributed by atoms with Gasteiger partial charge in [-0.05, 0) is 63.9 Å². The van der Waals surface area contributed by atoms with Gasteiger partial charge in [-0.15, -0.1) is 11.3 Å². The number of amides is 1. The summed E-state index contributed by atoms with van der Waals surface area (Å²) in [4.78, 5) is 33.4. The van der Waals surface area contributed by atoms with Crippen LogP contribution in [0.2, 0.25) is 5.02 Å². The molecule has 11 nitrogen and oxygen atoms in total. The van der Waals surface area contributed by atoms with Gasteiger partial charge in [-0.2, -0.15) is 23.3 Å². The highest BCUT2D eigenvalue weighted by Crippen LogP contribution is 2.43. The van der Waals surface area contributed by atoms with Crippen LogP contribution in [0.5, 0.6) is 5.88 Å². The van der Waals surface area contributed by atoms with Gasteiger partial charge in [0, 0.05) is 34.1 Å². The van der Waals surface area contributed by atoms with E-state index >= 15 is 0 Å². The Labute approximate surface area is 294 Å². The largest absolute Gasteiger partial charge is 0.464 e. The van der Waals surface area contributed by atoms with Gasteiger partial charge in [0.15, 0.2) is 0 Å². The predicted molar refractivity (Wildman–Crippen MR) is 183 cm³/mol. The average Bonchev–Trinajstić information content (AvgIpc) is 3.65. The predicted octanol–water partition coefficient (Wildman–Crippen LogP) is 7.77. The molecule has 3 N–H and O–H groups in total. The van der Waals surface area contributed by atoms with Crippen molar-refractivity contribution < 1.29 is 37.0 Å². The molecule has 0 bridgehead atoms. The van der Waals surface area contributed by atoms with E-state index in [2.05, 4.69) is 20.4 Å². The number of ether oxygens (including phenoxy) is 3. The minimum absolute atomic E-state index is 0.0876. The molecule has 0 fully saturated rings. The molecule has 1 amide bonds. The molecule has 0 saturated carbocycles. The Morgan fingerprint density at radius 2 is 1.80 bits per heavy atom. The molecule has 264 valence electrons. The summed E-state index contributed by atoms with van der Waals surface area (Å²) < 4.78 is 61.8. The Balaban J connectivity index is 1.45. The first-order chi connectivity index (χ1) is 23.5. The summed E-state index contributed by atoms with van der Waals surface area (Å²) in [5.74, 6) is -1.24. The Kier molecular flexibility index (Phi) is 10.6. The highest BCUT2D eigenvalue weighted by molar-refractivity contribution is 7.18. The molecule has 0 unspecified atom stereocenters. The molecular formula is C34H34ClF3N6O5S. The van der Waals surface area contributed by atoms with E-state index in [1.807, 2.05) is 0 Å². The third kappa shape index (κ3) is 8.63. The van der Waals surface area contributed by atoms with E-state index in [9.17, 15) is 22.8 Å². The second-order valence-electron chi connectivity index (χ2n) is 12.2. The fourth-order valence-corrected chi connectivity index (χ4v) is 6.15. The number of hydrogen-bond acceptors (Lipinski definition) is 10. The molecule has 2 aromatic carbocycles. The van der Waals surface area contributed by atoms with E-state index in [1.165, 1.54) is 29.1 Å². The number of aromatic nitrogens is 4. The van der Waals surface area contributed by atoms with Crippen molar-refractivity contribution in [3.05, 3.63) is 82.0 Å². The third-order valence-corrected chi connectivity index (χ3v) is 8.33. The molecule has 50 heavy (non-hydrogen) atoms. The van der Waals surface area contributed by atoms with Crippen molar-refractivity contribution in [2.24, 2.45) is 0 Å². The lowest BCUT2D eigenvalue weighted by Crippen LogP contribution is -2.45. The molecule has 16 heteroatoms. The summed E-state index contributed by atoms with van der Waals surface area (Å²) in [6, 6.07) is 11.6. The van der Waals surface area contributed by atoms with Crippen LogP contribution in [0.3, 0.4) is 0 Å². The van der Waals surface area contributed by atoms with Crippen LogP contribution in [-0.4, -0.2) is 56.2 Å². The number of benzene rings is 2. The molecule has 3 heterocycles. The maximum Gasteiger partial charge on any atom is 0.429 e. The summed E-state index contributed by atoms with van der Waals surface area (Å²) in [5.41, 5.74) is 7.93. The number of carbonyl (C=O) groups is 2. The number of fused-ring (bicyclic) bond motifs is 1. The zero-order valence-corrected chi connectivity index (χ0v) is 29.2. The van der Waals surface area contributed by atoms with Gasteiger partial charge in [-0.25, -0.2) is 19.3 Å². The summed E-state index contributed by atoms with van der Waals surface area (Å²) in [6.07, 6.45) is -6.44. The zero-order chi connectivity index (χ0) is 36.4. The van der Waals surface area contributed by atoms with Crippen molar-refractivity contribution in [3.8, 4) is 22.7 Å². The quantitative estimate of drug-likeness (QED) is 0.138. The molecule has 0 spiro atoms. The molecule has 0 radical (unpaired) electrons. The fraction of sp³-hybridized carbons (Fsp3) is 0.324. The minimum atomic E-state index is -4.87. The number of halogens is 4. The second kappa shape index (κ2) is 14.5. The second-order valence-corrected chi connectivity index (χ2v) is 13.5. The summed E-state index contributed by atoms with van der Waals surface area (Å²) in [6.45, 7) is 8.63. The molecule has 0 aliphatic rings. The number of nitrogens with zero attached hydrogens (tertiary/aromatic N) is 4. The lowest BCUT2D eigenvalue weighted by Gasteiger charge is -2.24. The van der Waals surface area contributed by atoms with Crippen LogP contribution in [-0.2, 0) is 20.7 Å². The minimum Gasteiger partial charge on any atom is -0.464 e. The first kappa shape index (κ1) is 36.4. The molecule has 5 rings (SSSR count). The van der Waals surface area contributed by atoms with Crippen LogP contribution in [0.25, 0.3) is 27.0 Å². The number of nitrogen functional groups attached to an aromatic ring is 1. The van der Waals surface area contributed by atoms with Crippen LogP contribution in [0.15, 0.2) is 60.1 Å². The van der Waals surface area contributed by atoms with E-state index in [4.69, 9.17) is 31.5 Å². The summed E-state index contributed by atoms with van der Waals surface area (Å²) in [7, 11) is 0. The number of alkyl carbamates (subject to hydrolysis) is 1. The zero-order valence-electron chi connectivity index (χ0n) is 27.7. The topological polar surface area (TPSA) is 143 Å². The number of nitrogens with one attached hydrogen (secondary N) is 1. The van der Waals surface area contributed by atoms with E-state index in [0.29, 0.717) is 27.9 Å². The van der Waals surface area contributed by atoms with Crippen molar-refractivity contribution in [1.29, 1.82) is 0 Å². The highest BCUT2D eigenvalue weighted by Gasteiger charge is 2.45. The van der Waals surface area contributed by atoms with Gasteiger partial charge in [0.05, 0.1) is 23.5 Å². The Morgan fingerprint density at radius 3 is 2.42 bits per heavy atom. The lowest BCUT2D eigenvalue weighted by molar-refractivity contribution is -0.198. The standard InChI is InChI=1S/C34H34ClF3N6O5S/c1-6-47-30(45)24(40-32(46)49-33(3,4)5)15-19-7-9-20(10-8-19)23-17-50-27-26(23)41-31(39)42-29(27)48-28(34(36,37)38)22-12-11-21(35)16-25(22)44-14-13-18(2)43-44/h7-14,16-17,24,28H,6,15H2,1-5H3,(H,40,46)(H2,39,41,42)/t24-,28+/m0/s1. The number of rotatable bonds is 10. The van der Waals surface area contributed by atoms with Crippen LogP contribution < -0.4 is 15.8 Å². The van der Waals surface area contributed by atoms with Gasteiger partial charge in [0.25, 0.3) is 0 Å². The number of aryl methyl sites for hydroxylation is 1. The number of carbonyl (C=O) groups excluding carboxylic acids is 2. The van der Waals surface area contributed by atoms with Crippen LogP contribution >= 0.6 is 22.9 Å². The third-order valence-electron chi connectivity index (χ3n) is 7.14. The van der Waals surface area contributed by atoms with Crippen LogP contribution in [0.4, 0.5) is 23.9 Å². The molecule has 0 aliphatic carbocycles. The lowest BCUT2D eigenvalue weighted by atomic mass is 10.0. The fourth-order valence-electron chi connectivity index (χ4n) is 5.04. The van der Waals surface area contributed by atoms with Gasteiger partial charge in [-0.3, -0.25) is 0 Å². The number of nitrogens with two attached hydrogens (primary N) is 1. The van der Waals surface area contributed by atoms with E-state index in [1.54, 1.807) is 70.3 Å². The Bertz CT molecular complexity index is 2010. The summed E-state index contributed by atoms with van der Waals surface area (Å²) >= 11 is 7.27. The SMILES string of the molecule is CCOC(=O)[C@H](Cc1ccc(-c2csc3c(O[C@H](c4ccc(Cl)cc4-n4ccc(C)n4)C(F)(F)F)nc(N)nc23)cc1)NC(=O)OC(C)(C)C. The molecule has 3 aromatic heterocycles. The van der Waals surface area contributed by atoms with Crippen molar-refractivity contribution in [1.82, 2.24) is 25.1 Å². The van der Waals surface area contributed by atoms with E-state index in [-0.39, 0.29) is 45.8 Å². The van der Waals surface area contributed by atoms with E-state index in [0.717, 1.165) is 11.3 Å². The maximum atomic E-state index is 14.7. The number of hydrogen-bond donors (Lipinski definition) is 2. The van der Waals surface area contributed by atoms with Crippen molar-refractivity contribution >= 4 is 51.2 Å². The average molecular weight is 731 g/mol. The monoisotopic (exact) mass is 730 g/mol. The Morgan fingerprint density at radius 1 is 1.08 bits per heavy atom. The number of thiophene rings is 1. The van der Waals surface area contributed by atoms with Gasteiger partial charge in [0.1, 0.15) is 16.3 Å². The number of alkyl halides is 3. The normalized spacial score (nSPS) is 13.1. The van der Waals surface area contributed by atoms with Gasteiger partial charge < -0.3 is 25.3 Å². The van der Waals surface area contributed by atoms with E-state index < -0.39 is 36.0 Å². The summed E-state index contributed by atoms with van der Waals surface area (Å²) in [5, 5.41) is 8.77. The molecule has 2 atom stereocenters. The highest BCUT2D eigenvalue weighted by atomic mass is 35.5. The first-order valence-electron chi connectivity index (χ1n) is 15.4. The number of esters is 1. The smallest absolute Gasteiger partial charge is 0.429 e. The Hall–Kier alpha value is -4.89. The van der Waals surface area contributed by atoms with Crippen LogP contribution in [0, 0.1) is 6.92 Å². The maximum absolute atomic E-state index is 14.7. The molecule has 0 aliphatic heterocycles. The van der Waals surface area contributed by atoms with Gasteiger partial charge in [-0.1, -0.05) is 41.9 Å². The van der Waals surface area contributed by atoms with Crippen molar-refractivity contribution in [2.75, 3.05) is 12.3 Å². The van der Waals surface area contributed by atoms with Crippen molar-refractivity contribution in [2.45, 2.75) is 65.0 Å². The molecule has 5 aromatic rings. The molecular weight excluding hydrogens is 697 g/mol. The molecule has 0 saturated heterocycles. The first-order valence-corrected chi connectivity index (χ1v) is 16.6. The van der Waals surface area contributed by atoms with Crippen molar-refractivity contribution in [3.63, 3.8) is 0 Å². The number of anilines is 1. The van der Waals surface area contributed by atoms with Gasteiger partial charge in [0.2, 0.25) is 17.9 Å².